The molecule has 0 bridgehead atoms. The van der Waals surface area contributed by atoms with Crippen LogP contribution in [0.1, 0.15) is 15.5 Å². The SMILES string of the molecule is Cc1nccn1-c1cc(Nc2ccc(NC(=O)c3cc4ccccc4s3)cc2)ncn1. The topological polar surface area (TPSA) is 84.7 Å². The third-order valence-electron chi connectivity index (χ3n) is 4.79. The number of aryl methyl sites for hydroxylation is 1. The van der Waals surface area contributed by atoms with Crippen molar-refractivity contribution in [2.24, 2.45) is 0 Å². The fourth-order valence-corrected chi connectivity index (χ4v) is 4.20. The van der Waals surface area contributed by atoms with Crippen molar-refractivity contribution in [2.45, 2.75) is 6.92 Å². The van der Waals surface area contributed by atoms with Crippen LogP contribution in [0.4, 0.5) is 17.2 Å². The van der Waals surface area contributed by atoms with Crippen LogP contribution in [-0.4, -0.2) is 25.4 Å². The summed E-state index contributed by atoms with van der Waals surface area (Å²) in [5.74, 6) is 2.14. The van der Waals surface area contributed by atoms with Gasteiger partial charge < -0.3 is 10.6 Å². The maximum Gasteiger partial charge on any atom is 0.265 e. The van der Waals surface area contributed by atoms with Gasteiger partial charge in [0, 0.05) is 34.5 Å². The van der Waals surface area contributed by atoms with E-state index >= 15 is 0 Å². The van der Waals surface area contributed by atoms with Gasteiger partial charge in [0.15, 0.2) is 0 Å². The lowest BCUT2D eigenvalue weighted by Crippen LogP contribution is -2.09. The number of nitrogens with one attached hydrogen (secondary N) is 2. The third kappa shape index (κ3) is 4.01. The Kier molecular flexibility index (Phi) is 4.89. The molecule has 0 aliphatic heterocycles. The summed E-state index contributed by atoms with van der Waals surface area (Å²) in [6, 6.07) is 19.2. The molecule has 0 aliphatic rings. The van der Waals surface area contributed by atoms with Crippen molar-refractivity contribution in [3.63, 3.8) is 0 Å². The van der Waals surface area contributed by atoms with Crippen molar-refractivity contribution in [3.8, 4) is 5.82 Å². The first-order valence-corrected chi connectivity index (χ1v) is 10.5. The van der Waals surface area contributed by atoms with E-state index in [1.54, 1.807) is 6.20 Å². The van der Waals surface area contributed by atoms with E-state index in [0.717, 1.165) is 33.1 Å². The van der Waals surface area contributed by atoms with E-state index in [0.29, 0.717) is 10.7 Å². The average Bonchev–Trinajstić information content (AvgIpc) is 3.41. The fourth-order valence-electron chi connectivity index (χ4n) is 3.24. The van der Waals surface area contributed by atoms with Gasteiger partial charge >= 0.3 is 0 Å². The number of thiophene rings is 1. The molecule has 2 N–H and O–H groups in total. The summed E-state index contributed by atoms with van der Waals surface area (Å²) in [5.41, 5.74) is 1.58. The van der Waals surface area contributed by atoms with Gasteiger partial charge in [0.1, 0.15) is 23.8 Å². The number of benzene rings is 2. The molecule has 3 aromatic heterocycles. The molecule has 7 nitrogen and oxygen atoms in total. The Morgan fingerprint density at radius 1 is 0.968 bits per heavy atom. The number of aromatic nitrogens is 4. The molecule has 0 aliphatic carbocycles. The Hall–Kier alpha value is -4.04. The number of anilines is 3. The van der Waals surface area contributed by atoms with Crippen molar-refractivity contribution >= 4 is 44.5 Å². The molecule has 0 saturated carbocycles. The summed E-state index contributed by atoms with van der Waals surface area (Å²) in [4.78, 5) is 26.1. The molecule has 0 saturated heterocycles. The predicted octanol–water partition coefficient (Wildman–Crippen LogP) is 5.18. The van der Waals surface area contributed by atoms with Crippen LogP contribution in [0.3, 0.4) is 0 Å². The van der Waals surface area contributed by atoms with Gasteiger partial charge in [-0.3, -0.25) is 9.36 Å². The fraction of sp³-hybridized carbons (Fsp3) is 0.0435. The van der Waals surface area contributed by atoms with E-state index in [1.807, 2.05) is 78.4 Å². The molecule has 152 valence electrons. The molecule has 8 heteroatoms. The van der Waals surface area contributed by atoms with Crippen LogP contribution >= 0.6 is 11.3 Å². The molecular formula is C23H18N6OS. The highest BCUT2D eigenvalue weighted by molar-refractivity contribution is 7.20. The summed E-state index contributed by atoms with van der Waals surface area (Å²) in [6.45, 7) is 1.92. The van der Waals surface area contributed by atoms with Crippen LogP contribution in [0, 0.1) is 6.92 Å². The van der Waals surface area contributed by atoms with Gasteiger partial charge in [-0.25, -0.2) is 15.0 Å². The highest BCUT2D eigenvalue weighted by atomic mass is 32.1. The Labute approximate surface area is 182 Å². The second-order valence-electron chi connectivity index (χ2n) is 6.91. The zero-order valence-electron chi connectivity index (χ0n) is 16.6. The Bertz CT molecular complexity index is 1340. The minimum Gasteiger partial charge on any atom is -0.340 e. The van der Waals surface area contributed by atoms with Gasteiger partial charge in [-0.2, -0.15) is 0 Å². The normalized spacial score (nSPS) is 10.9. The second kappa shape index (κ2) is 8.00. The number of hydrogen-bond acceptors (Lipinski definition) is 6. The quantitative estimate of drug-likeness (QED) is 0.404. The van der Waals surface area contributed by atoms with Crippen molar-refractivity contribution in [1.82, 2.24) is 19.5 Å². The van der Waals surface area contributed by atoms with Crippen molar-refractivity contribution in [2.75, 3.05) is 10.6 Å². The number of amides is 1. The molecule has 5 aromatic rings. The molecule has 31 heavy (non-hydrogen) atoms. The first-order valence-electron chi connectivity index (χ1n) is 9.65. The van der Waals surface area contributed by atoms with Crippen molar-refractivity contribution < 1.29 is 4.79 Å². The molecule has 5 rings (SSSR count). The number of nitrogens with zero attached hydrogens (tertiary/aromatic N) is 4. The molecule has 0 atom stereocenters. The summed E-state index contributed by atoms with van der Waals surface area (Å²) < 4.78 is 2.99. The number of carbonyl (C=O) groups excluding carboxylic acids is 1. The van der Waals surface area contributed by atoms with E-state index in [2.05, 4.69) is 25.6 Å². The zero-order valence-corrected chi connectivity index (χ0v) is 17.4. The number of hydrogen-bond donors (Lipinski definition) is 2. The lowest BCUT2D eigenvalue weighted by molar-refractivity contribution is 0.103. The minimum absolute atomic E-state index is 0.113. The van der Waals surface area contributed by atoms with Crippen LogP contribution in [-0.2, 0) is 0 Å². The Balaban J connectivity index is 1.28. The molecule has 0 radical (unpaired) electrons. The highest BCUT2D eigenvalue weighted by Crippen LogP contribution is 2.26. The molecule has 1 amide bonds. The van der Waals surface area contributed by atoms with Gasteiger partial charge in [0.2, 0.25) is 0 Å². The summed E-state index contributed by atoms with van der Waals surface area (Å²) in [6.07, 6.45) is 5.10. The molecule has 0 unspecified atom stereocenters. The van der Waals surface area contributed by atoms with Gasteiger partial charge in [-0.15, -0.1) is 11.3 Å². The Morgan fingerprint density at radius 2 is 1.77 bits per heavy atom. The summed E-state index contributed by atoms with van der Waals surface area (Å²) >= 11 is 1.49. The molecular weight excluding hydrogens is 408 g/mol. The molecule has 3 heterocycles. The maximum absolute atomic E-state index is 12.6. The lowest BCUT2D eigenvalue weighted by atomic mass is 10.2. The first kappa shape index (κ1) is 19.0. The maximum atomic E-state index is 12.6. The lowest BCUT2D eigenvalue weighted by Gasteiger charge is -2.09. The minimum atomic E-state index is -0.113. The van der Waals surface area contributed by atoms with E-state index in [1.165, 1.54) is 17.7 Å². The van der Waals surface area contributed by atoms with Gasteiger partial charge in [-0.05, 0) is 48.7 Å². The van der Waals surface area contributed by atoms with Crippen LogP contribution in [0.5, 0.6) is 0 Å². The highest BCUT2D eigenvalue weighted by Gasteiger charge is 2.10. The third-order valence-corrected chi connectivity index (χ3v) is 5.90. The smallest absolute Gasteiger partial charge is 0.265 e. The van der Waals surface area contributed by atoms with E-state index in [4.69, 9.17) is 0 Å². The van der Waals surface area contributed by atoms with Crippen LogP contribution in [0.25, 0.3) is 15.9 Å². The van der Waals surface area contributed by atoms with Crippen LogP contribution < -0.4 is 10.6 Å². The largest absolute Gasteiger partial charge is 0.340 e. The van der Waals surface area contributed by atoms with Gasteiger partial charge in [-0.1, -0.05) is 18.2 Å². The summed E-state index contributed by atoms with van der Waals surface area (Å²) in [7, 11) is 0. The first-order chi connectivity index (χ1) is 15.2. The molecule has 0 fully saturated rings. The number of carbonyl (C=O) groups is 1. The van der Waals surface area contributed by atoms with Gasteiger partial charge in [0.25, 0.3) is 5.91 Å². The zero-order chi connectivity index (χ0) is 21.2. The van der Waals surface area contributed by atoms with Crippen LogP contribution in [0.15, 0.2) is 79.4 Å². The Morgan fingerprint density at radius 3 is 2.55 bits per heavy atom. The van der Waals surface area contributed by atoms with Gasteiger partial charge in [0.05, 0.1) is 4.88 Å². The number of rotatable bonds is 5. The van der Waals surface area contributed by atoms with E-state index in [-0.39, 0.29) is 5.91 Å². The monoisotopic (exact) mass is 426 g/mol. The standard InChI is InChI=1S/C23H18N6OS/c1-15-24-10-11-29(15)22-13-21(25-14-26-22)27-17-6-8-18(9-7-17)28-23(30)20-12-16-4-2-3-5-19(16)31-20/h2-14H,1H3,(H,28,30)(H,25,26,27). The van der Waals surface area contributed by atoms with Crippen molar-refractivity contribution in [1.29, 1.82) is 0 Å². The molecule has 2 aromatic carbocycles. The molecule has 0 spiro atoms. The second-order valence-corrected chi connectivity index (χ2v) is 7.99. The van der Waals surface area contributed by atoms with Crippen LogP contribution in [0.2, 0.25) is 0 Å². The predicted molar refractivity (Wildman–Crippen MR) is 123 cm³/mol. The summed E-state index contributed by atoms with van der Waals surface area (Å²) in [5, 5.41) is 7.29. The van der Waals surface area contributed by atoms with E-state index < -0.39 is 0 Å². The van der Waals surface area contributed by atoms with E-state index in [9.17, 15) is 4.79 Å². The number of fused-ring (bicyclic) bond motifs is 1. The number of imidazole rings is 1. The van der Waals surface area contributed by atoms with Crippen molar-refractivity contribution in [3.05, 3.63) is 90.1 Å². The average molecular weight is 427 g/mol.